The lowest BCUT2D eigenvalue weighted by molar-refractivity contribution is -0.384. The molecule has 0 bridgehead atoms. The summed E-state index contributed by atoms with van der Waals surface area (Å²) >= 11 is 1.52. The highest BCUT2D eigenvalue weighted by Crippen LogP contribution is 2.31. The molecule has 0 aliphatic carbocycles. The van der Waals surface area contributed by atoms with Gasteiger partial charge in [-0.15, -0.1) is 28.3 Å². The Labute approximate surface area is 160 Å². The van der Waals surface area contributed by atoms with E-state index in [1.807, 2.05) is 5.38 Å². The van der Waals surface area contributed by atoms with Gasteiger partial charge in [-0.05, 0) is 44.0 Å². The summed E-state index contributed by atoms with van der Waals surface area (Å²) in [6, 6.07) is 10.7. The first kappa shape index (κ1) is 19.1. The number of rotatable bonds is 4. The van der Waals surface area contributed by atoms with Gasteiger partial charge in [0.25, 0.3) is 5.69 Å². The van der Waals surface area contributed by atoms with Gasteiger partial charge < -0.3 is 5.32 Å². The smallest absolute Gasteiger partial charge is 0.269 e. The molecule has 3 aromatic rings. The van der Waals surface area contributed by atoms with Crippen molar-refractivity contribution in [3.8, 4) is 11.3 Å². The molecule has 0 spiro atoms. The van der Waals surface area contributed by atoms with Crippen LogP contribution in [0.25, 0.3) is 11.3 Å². The highest BCUT2D eigenvalue weighted by atomic mass is 79.9. The molecular weight excluding hydrogens is 402 g/mol. The lowest BCUT2D eigenvalue weighted by atomic mass is 10.1. The van der Waals surface area contributed by atoms with Crippen LogP contribution in [0.3, 0.4) is 0 Å². The topological polar surface area (TPSA) is 68.1 Å². The highest BCUT2D eigenvalue weighted by Gasteiger charge is 2.10. The Hall–Kier alpha value is -2.25. The first-order valence-electron chi connectivity index (χ1n) is 7.49. The summed E-state index contributed by atoms with van der Waals surface area (Å²) < 4.78 is 0. The van der Waals surface area contributed by atoms with Crippen LogP contribution < -0.4 is 5.32 Å². The van der Waals surface area contributed by atoms with Crippen molar-refractivity contribution >= 4 is 44.8 Å². The number of nitro groups is 1. The molecule has 2 aromatic carbocycles. The van der Waals surface area contributed by atoms with Crippen molar-refractivity contribution in [3.63, 3.8) is 0 Å². The molecule has 0 saturated heterocycles. The van der Waals surface area contributed by atoms with Gasteiger partial charge in [0.1, 0.15) is 0 Å². The highest BCUT2D eigenvalue weighted by molar-refractivity contribution is 8.93. The van der Waals surface area contributed by atoms with Crippen LogP contribution in [0.5, 0.6) is 0 Å². The van der Waals surface area contributed by atoms with Gasteiger partial charge in [-0.2, -0.15) is 0 Å². The first-order valence-corrected chi connectivity index (χ1v) is 8.37. The summed E-state index contributed by atoms with van der Waals surface area (Å²) in [5.41, 5.74) is 6.42. The van der Waals surface area contributed by atoms with Crippen LogP contribution in [0, 0.1) is 30.9 Å². The summed E-state index contributed by atoms with van der Waals surface area (Å²) in [5, 5.41) is 16.9. The molecule has 0 aliphatic heterocycles. The molecule has 0 amide bonds. The summed E-state index contributed by atoms with van der Waals surface area (Å²) in [6.07, 6.45) is 0. The number of halogens is 1. The maximum atomic E-state index is 10.7. The lowest BCUT2D eigenvalue weighted by Gasteiger charge is -2.11. The zero-order valence-electron chi connectivity index (χ0n) is 14.1. The second-order valence-electron chi connectivity index (χ2n) is 5.74. The molecule has 3 rings (SSSR count). The SMILES string of the molecule is Br.Cc1cc(C)c(Nc2nc(-c3ccc([N+](=O)[O-])cc3)cs2)c(C)c1. The van der Waals surface area contributed by atoms with Gasteiger partial charge in [-0.25, -0.2) is 4.98 Å². The Morgan fingerprint density at radius 2 is 1.68 bits per heavy atom. The zero-order valence-corrected chi connectivity index (χ0v) is 16.6. The molecule has 0 unspecified atom stereocenters. The van der Waals surface area contributed by atoms with Crippen LogP contribution in [0.15, 0.2) is 41.8 Å². The molecular formula is C18H18BrN3O2S. The van der Waals surface area contributed by atoms with Crippen molar-refractivity contribution < 1.29 is 4.92 Å². The number of nitrogens with one attached hydrogen (secondary N) is 1. The van der Waals surface area contributed by atoms with Gasteiger partial charge in [-0.1, -0.05) is 17.7 Å². The average molecular weight is 420 g/mol. The number of thiazole rings is 1. The number of non-ortho nitro benzene ring substituents is 1. The molecule has 0 aliphatic rings. The van der Waals surface area contributed by atoms with E-state index in [4.69, 9.17) is 0 Å². The van der Waals surface area contributed by atoms with Crippen molar-refractivity contribution in [2.75, 3.05) is 5.32 Å². The minimum atomic E-state index is -0.402. The predicted molar refractivity (Wildman–Crippen MR) is 108 cm³/mol. The van der Waals surface area contributed by atoms with Gasteiger partial charge in [-0.3, -0.25) is 10.1 Å². The first-order chi connectivity index (χ1) is 11.4. The molecule has 7 heteroatoms. The van der Waals surface area contributed by atoms with Crippen LogP contribution in [0.2, 0.25) is 0 Å². The van der Waals surface area contributed by atoms with Gasteiger partial charge in [0.15, 0.2) is 5.13 Å². The monoisotopic (exact) mass is 419 g/mol. The third-order valence-electron chi connectivity index (χ3n) is 3.79. The van der Waals surface area contributed by atoms with E-state index in [-0.39, 0.29) is 22.7 Å². The summed E-state index contributed by atoms with van der Waals surface area (Å²) in [6.45, 7) is 6.24. The molecule has 130 valence electrons. The van der Waals surface area contributed by atoms with E-state index < -0.39 is 4.92 Å². The van der Waals surface area contributed by atoms with Crippen LogP contribution in [-0.2, 0) is 0 Å². The lowest BCUT2D eigenvalue weighted by Crippen LogP contribution is -1.96. The number of hydrogen-bond donors (Lipinski definition) is 1. The maximum Gasteiger partial charge on any atom is 0.269 e. The van der Waals surface area contributed by atoms with E-state index in [1.54, 1.807) is 12.1 Å². The fourth-order valence-corrected chi connectivity index (χ4v) is 3.43. The second kappa shape index (κ2) is 7.76. The third kappa shape index (κ3) is 4.24. The number of aryl methyl sites for hydroxylation is 3. The van der Waals surface area contributed by atoms with Crippen molar-refractivity contribution in [2.24, 2.45) is 0 Å². The van der Waals surface area contributed by atoms with Gasteiger partial charge in [0, 0.05) is 28.8 Å². The van der Waals surface area contributed by atoms with Crippen molar-refractivity contribution in [2.45, 2.75) is 20.8 Å². The fourth-order valence-electron chi connectivity index (χ4n) is 2.70. The number of anilines is 2. The van der Waals surface area contributed by atoms with E-state index in [0.717, 1.165) is 22.1 Å². The van der Waals surface area contributed by atoms with Gasteiger partial charge >= 0.3 is 0 Å². The molecule has 0 fully saturated rings. The molecule has 25 heavy (non-hydrogen) atoms. The van der Waals surface area contributed by atoms with Crippen molar-refractivity contribution in [1.29, 1.82) is 0 Å². The fraction of sp³-hybridized carbons (Fsp3) is 0.167. The average Bonchev–Trinajstić information content (AvgIpc) is 2.99. The minimum Gasteiger partial charge on any atom is -0.331 e. The molecule has 1 N–H and O–H groups in total. The van der Waals surface area contributed by atoms with Gasteiger partial charge in [0.05, 0.1) is 10.6 Å². The quantitative estimate of drug-likeness (QED) is 0.417. The van der Waals surface area contributed by atoms with Gasteiger partial charge in [0.2, 0.25) is 0 Å². The largest absolute Gasteiger partial charge is 0.331 e. The molecule has 1 aromatic heterocycles. The summed E-state index contributed by atoms with van der Waals surface area (Å²) in [7, 11) is 0. The molecule has 0 radical (unpaired) electrons. The number of aromatic nitrogens is 1. The Bertz CT molecular complexity index is 884. The Morgan fingerprint density at radius 3 is 2.24 bits per heavy atom. The van der Waals surface area contributed by atoms with Crippen LogP contribution in [-0.4, -0.2) is 9.91 Å². The Morgan fingerprint density at radius 1 is 1.08 bits per heavy atom. The Balaban J connectivity index is 0.00000225. The molecule has 0 saturated carbocycles. The number of nitrogens with zero attached hydrogens (tertiary/aromatic N) is 2. The Kier molecular flexibility index (Phi) is 5.92. The molecule has 5 nitrogen and oxygen atoms in total. The predicted octanol–water partition coefficient (Wildman–Crippen LogP) is 5.97. The normalized spacial score (nSPS) is 10.2. The zero-order chi connectivity index (χ0) is 17.3. The van der Waals surface area contributed by atoms with E-state index in [9.17, 15) is 10.1 Å². The standard InChI is InChI=1S/C18H17N3O2S.BrH/c1-11-8-12(2)17(13(3)9-11)20-18-19-16(10-24-18)14-4-6-15(7-5-14)21(22)23;/h4-10H,1-3H3,(H,19,20);1H. The van der Waals surface area contributed by atoms with E-state index >= 15 is 0 Å². The van der Waals surface area contributed by atoms with Crippen LogP contribution in [0.4, 0.5) is 16.5 Å². The van der Waals surface area contributed by atoms with Crippen molar-refractivity contribution in [1.82, 2.24) is 4.98 Å². The van der Waals surface area contributed by atoms with E-state index in [2.05, 4.69) is 43.2 Å². The number of nitro benzene ring substituents is 1. The maximum absolute atomic E-state index is 10.7. The molecule has 0 atom stereocenters. The third-order valence-corrected chi connectivity index (χ3v) is 4.54. The second-order valence-corrected chi connectivity index (χ2v) is 6.60. The summed E-state index contributed by atoms with van der Waals surface area (Å²) in [4.78, 5) is 14.9. The molecule has 1 heterocycles. The number of hydrogen-bond acceptors (Lipinski definition) is 5. The van der Waals surface area contributed by atoms with E-state index in [1.165, 1.54) is 40.2 Å². The minimum absolute atomic E-state index is 0. The van der Waals surface area contributed by atoms with E-state index in [0.29, 0.717) is 0 Å². The van der Waals surface area contributed by atoms with Crippen LogP contribution >= 0.6 is 28.3 Å². The number of benzene rings is 2. The summed E-state index contributed by atoms with van der Waals surface area (Å²) in [5.74, 6) is 0. The van der Waals surface area contributed by atoms with Crippen LogP contribution in [0.1, 0.15) is 16.7 Å². The van der Waals surface area contributed by atoms with Crippen molar-refractivity contribution in [3.05, 3.63) is 68.6 Å².